The highest BCUT2D eigenvalue weighted by Crippen LogP contribution is 1.99. The minimum Gasteiger partial charge on any atom is -0.387 e. The van der Waals surface area contributed by atoms with Gasteiger partial charge in [0.1, 0.15) is 0 Å². The second-order valence-corrected chi connectivity index (χ2v) is 3.77. The Bertz CT molecular complexity index is 214. The molecular weight excluding hydrogens is 176 g/mol. The van der Waals surface area contributed by atoms with E-state index in [0.717, 1.165) is 18.8 Å². The molecule has 0 saturated carbocycles. The van der Waals surface area contributed by atoms with Crippen molar-refractivity contribution in [3.05, 3.63) is 11.9 Å². The van der Waals surface area contributed by atoms with Gasteiger partial charge in [-0.15, -0.1) is 0 Å². The molecule has 0 amide bonds. The Morgan fingerprint density at radius 1 is 1.21 bits per heavy atom. The van der Waals surface area contributed by atoms with Crippen LogP contribution in [0.25, 0.3) is 0 Å². The third-order valence-corrected chi connectivity index (χ3v) is 1.94. The van der Waals surface area contributed by atoms with E-state index in [0.29, 0.717) is 5.84 Å². The molecular formula is C10H22N4. The van der Waals surface area contributed by atoms with E-state index in [4.69, 9.17) is 5.73 Å². The topological polar surface area (TPSA) is 44.9 Å². The third-order valence-electron chi connectivity index (χ3n) is 1.94. The molecule has 0 aromatic carbocycles. The van der Waals surface area contributed by atoms with Gasteiger partial charge in [0.25, 0.3) is 0 Å². The van der Waals surface area contributed by atoms with E-state index in [1.807, 2.05) is 6.92 Å². The van der Waals surface area contributed by atoms with Gasteiger partial charge in [0, 0.05) is 32.0 Å². The number of hydrogen-bond donors (Lipinski definition) is 1. The lowest BCUT2D eigenvalue weighted by Gasteiger charge is -2.21. The summed E-state index contributed by atoms with van der Waals surface area (Å²) in [4.78, 5) is 8.36. The van der Waals surface area contributed by atoms with Crippen molar-refractivity contribution in [1.82, 2.24) is 9.80 Å². The molecule has 0 aliphatic heterocycles. The SMILES string of the molecule is CC(N)=N/C=C(\C)N(C)CCN(C)C. The molecule has 2 N–H and O–H groups in total. The Kier molecular flexibility index (Phi) is 5.95. The number of rotatable bonds is 5. The maximum atomic E-state index is 5.44. The molecule has 0 aliphatic carbocycles. The van der Waals surface area contributed by atoms with Crippen LogP contribution in [0.15, 0.2) is 16.9 Å². The van der Waals surface area contributed by atoms with Gasteiger partial charge in [0.2, 0.25) is 0 Å². The highest BCUT2D eigenvalue weighted by molar-refractivity contribution is 5.77. The fourth-order valence-electron chi connectivity index (χ4n) is 0.820. The minimum atomic E-state index is 0.588. The summed E-state index contributed by atoms with van der Waals surface area (Å²) in [6.45, 7) is 5.84. The zero-order valence-corrected chi connectivity index (χ0v) is 9.91. The monoisotopic (exact) mass is 198 g/mol. The molecule has 0 heterocycles. The van der Waals surface area contributed by atoms with Gasteiger partial charge in [-0.05, 0) is 27.9 Å². The van der Waals surface area contributed by atoms with Crippen molar-refractivity contribution in [3.63, 3.8) is 0 Å². The van der Waals surface area contributed by atoms with Crippen molar-refractivity contribution in [2.45, 2.75) is 13.8 Å². The first-order chi connectivity index (χ1) is 6.43. The number of allylic oxidation sites excluding steroid dienone is 1. The molecule has 14 heavy (non-hydrogen) atoms. The van der Waals surface area contributed by atoms with Crippen LogP contribution >= 0.6 is 0 Å². The summed E-state index contributed by atoms with van der Waals surface area (Å²) in [5.41, 5.74) is 6.56. The highest BCUT2D eigenvalue weighted by Gasteiger charge is 1.98. The molecule has 0 radical (unpaired) electrons. The molecule has 0 atom stereocenters. The molecule has 4 nitrogen and oxygen atoms in total. The number of nitrogens with zero attached hydrogens (tertiary/aromatic N) is 3. The van der Waals surface area contributed by atoms with Crippen molar-refractivity contribution in [2.24, 2.45) is 10.7 Å². The van der Waals surface area contributed by atoms with Crippen molar-refractivity contribution in [3.8, 4) is 0 Å². The van der Waals surface area contributed by atoms with Crippen LogP contribution in [0.3, 0.4) is 0 Å². The quantitative estimate of drug-likeness (QED) is 0.523. The van der Waals surface area contributed by atoms with Gasteiger partial charge in [-0.3, -0.25) is 0 Å². The highest BCUT2D eigenvalue weighted by atomic mass is 15.2. The van der Waals surface area contributed by atoms with E-state index in [1.54, 1.807) is 13.1 Å². The zero-order chi connectivity index (χ0) is 11.1. The molecule has 0 fully saturated rings. The number of hydrogen-bond acceptors (Lipinski definition) is 3. The molecule has 0 bridgehead atoms. The van der Waals surface area contributed by atoms with Crippen LogP contribution in [0, 0.1) is 0 Å². The Labute approximate surface area is 87.1 Å². The Morgan fingerprint density at radius 3 is 2.21 bits per heavy atom. The first kappa shape index (κ1) is 13.0. The van der Waals surface area contributed by atoms with Crippen LogP contribution in [0.5, 0.6) is 0 Å². The summed E-state index contributed by atoms with van der Waals surface area (Å²) in [7, 11) is 6.18. The van der Waals surface area contributed by atoms with Crippen molar-refractivity contribution >= 4 is 5.84 Å². The zero-order valence-electron chi connectivity index (χ0n) is 9.91. The summed E-state index contributed by atoms with van der Waals surface area (Å²) in [5.74, 6) is 0.588. The van der Waals surface area contributed by atoms with Crippen LogP contribution in [-0.2, 0) is 0 Å². The lowest BCUT2D eigenvalue weighted by atomic mass is 10.4. The van der Waals surface area contributed by atoms with Crippen LogP contribution in [0.1, 0.15) is 13.8 Å². The lowest BCUT2D eigenvalue weighted by Crippen LogP contribution is -2.27. The van der Waals surface area contributed by atoms with Crippen molar-refractivity contribution in [2.75, 3.05) is 34.2 Å². The standard InChI is InChI=1S/C10H22N4/c1-9(8-12-10(2)11)14(5)7-6-13(3)4/h8H,6-7H2,1-5H3,(H2,11,12)/b9-8+. The summed E-state index contributed by atoms with van der Waals surface area (Å²) >= 11 is 0. The van der Waals surface area contributed by atoms with E-state index in [-0.39, 0.29) is 0 Å². The number of amidine groups is 1. The van der Waals surface area contributed by atoms with Crippen LogP contribution in [-0.4, -0.2) is 49.9 Å². The number of aliphatic imine (C=N–C) groups is 1. The second kappa shape index (κ2) is 6.43. The van der Waals surface area contributed by atoms with E-state index in [1.165, 1.54) is 0 Å². The largest absolute Gasteiger partial charge is 0.387 e. The van der Waals surface area contributed by atoms with E-state index < -0.39 is 0 Å². The smallest absolute Gasteiger partial charge is 0.0958 e. The van der Waals surface area contributed by atoms with E-state index in [2.05, 4.69) is 35.9 Å². The number of likely N-dealkylation sites (N-methyl/N-ethyl adjacent to an activating group) is 2. The second-order valence-electron chi connectivity index (χ2n) is 3.77. The first-order valence-electron chi connectivity index (χ1n) is 4.76. The van der Waals surface area contributed by atoms with E-state index >= 15 is 0 Å². The summed E-state index contributed by atoms with van der Waals surface area (Å²) < 4.78 is 0. The summed E-state index contributed by atoms with van der Waals surface area (Å²) in [6, 6.07) is 0. The average molecular weight is 198 g/mol. The van der Waals surface area contributed by atoms with Gasteiger partial charge in [-0.2, -0.15) is 0 Å². The molecule has 0 aromatic rings. The van der Waals surface area contributed by atoms with Gasteiger partial charge in [-0.25, -0.2) is 4.99 Å². The molecule has 4 heteroatoms. The third kappa shape index (κ3) is 6.48. The molecule has 0 aromatic heterocycles. The van der Waals surface area contributed by atoms with E-state index in [9.17, 15) is 0 Å². The lowest BCUT2D eigenvalue weighted by molar-refractivity contribution is 0.325. The average Bonchev–Trinajstić information content (AvgIpc) is 2.09. The van der Waals surface area contributed by atoms with Gasteiger partial charge in [0.15, 0.2) is 0 Å². The Morgan fingerprint density at radius 2 is 1.79 bits per heavy atom. The fraction of sp³-hybridized carbons (Fsp3) is 0.700. The number of nitrogens with two attached hydrogens (primary N) is 1. The minimum absolute atomic E-state index is 0.588. The predicted octanol–water partition coefficient (Wildman–Crippen LogP) is 0.718. The van der Waals surface area contributed by atoms with Gasteiger partial charge < -0.3 is 15.5 Å². The predicted molar refractivity (Wildman–Crippen MR) is 62.2 cm³/mol. The van der Waals surface area contributed by atoms with Gasteiger partial charge >= 0.3 is 0 Å². The molecule has 0 aliphatic rings. The van der Waals surface area contributed by atoms with Crippen LogP contribution < -0.4 is 5.73 Å². The Balaban J connectivity index is 4.04. The van der Waals surface area contributed by atoms with Crippen LogP contribution in [0.4, 0.5) is 0 Å². The summed E-state index contributed by atoms with van der Waals surface area (Å²) in [6.07, 6.45) is 1.80. The van der Waals surface area contributed by atoms with Gasteiger partial charge in [0.05, 0.1) is 5.84 Å². The molecule has 82 valence electrons. The Hall–Kier alpha value is -1.03. The molecule has 0 unspecified atom stereocenters. The summed E-state index contributed by atoms with van der Waals surface area (Å²) in [5, 5.41) is 0. The molecule has 0 spiro atoms. The molecule has 0 saturated heterocycles. The van der Waals surface area contributed by atoms with Crippen molar-refractivity contribution in [1.29, 1.82) is 0 Å². The van der Waals surface area contributed by atoms with Crippen LogP contribution in [0.2, 0.25) is 0 Å². The normalized spacial score (nSPS) is 13.6. The van der Waals surface area contributed by atoms with Crippen molar-refractivity contribution < 1.29 is 0 Å². The first-order valence-corrected chi connectivity index (χ1v) is 4.76. The maximum absolute atomic E-state index is 5.44. The van der Waals surface area contributed by atoms with Gasteiger partial charge in [-0.1, -0.05) is 0 Å². The fourth-order valence-corrected chi connectivity index (χ4v) is 0.820. The molecule has 0 rings (SSSR count). The maximum Gasteiger partial charge on any atom is 0.0958 e.